The molecule has 0 aliphatic heterocycles. The van der Waals surface area contributed by atoms with Gasteiger partial charge < -0.3 is 9.13 Å². The molecule has 0 fully saturated rings. The van der Waals surface area contributed by atoms with Gasteiger partial charge in [-0.25, -0.2) is 0 Å². The molecular weight excluding hydrogens is 685 g/mol. The van der Waals surface area contributed by atoms with E-state index in [1.807, 2.05) is 11.3 Å². The predicted octanol–water partition coefficient (Wildman–Crippen LogP) is 14.7. The van der Waals surface area contributed by atoms with E-state index in [1.54, 1.807) is 0 Å². The van der Waals surface area contributed by atoms with E-state index < -0.39 is 0 Å². The number of rotatable bonds is 4. The lowest BCUT2D eigenvalue weighted by atomic mass is 9.99. The number of para-hydroxylation sites is 1. The second-order valence-electron chi connectivity index (χ2n) is 14.5. The first kappa shape index (κ1) is 30.5. The van der Waals surface area contributed by atoms with Gasteiger partial charge in [0, 0.05) is 58.5 Å². The Bertz CT molecular complexity index is 3470. The number of fused-ring (bicyclic) bond motifs is 11. The van der Waals surface area contributed by atoms with Crippen molar-refractivity contribution >= 4 is 85.9 Å². The highest BCUT2D eigenvalue weighted by Gasteiger charge is 2.19. The second-order valence-corrected chi connectivity index (χ2v) is 15.6. The van der Waals surface area contributed by atoms with Crippen LogP contribution in [0.25, 0.3) is 108 Å². The van der Waals surface area contributed by atoms with Gasteiger partial charge in [-0.15, -0.1) is 11.3 Å². The molecule has 3 heterocycles. The van der Waals surface area contributed by atoms with Crippen molar-refractivity contribution in [2.75, 3.05) is 0 Å². The van der Waals surface area contributed by atoms with E-state index in [2.05, 4.69) is 203 Å². The molecule has 3 aromatic heterocycles. The van der Waals surface area contributed by atoms with Crippen molar-refractivity contribution in [3.05, 3.63) is 194 Å². The Labute approximate surface area is 321 Å². The van der Waals surface area contributed by atoms with Gasteiger partial charge in [0.1, 0.15) is 0 Å². The van der Waals surface area contributed by atoms with Gasteiger partial charge in [-0.2, -0.15) is 0 Å². The van der Waals surface area contributed by atoms with Crippen LogP contribution < -0.4 is 0 Å². The number of thiophene rings is 1. The zero-order valence-corrected chi connectivity index (χ0v) is 30.6. The van der Waals surface area contributed by atoms with E-state index >= 15 is 0 Å². The Kier molecular flexibility index (Phi) is 6.54. The molecule has 0 radical (unpaired) electrons. The smallest absolute Gasteiger partial charge is 0.0619 e. The molecule has 0 aliphatic rings. The van der Waals surface area contributed by atoms with Crippen LogP contribution >= 0.6 is 11.3 Å². The van der Waals surface area contributed by atoms with Crippen LogP contribution in [0.4, 0.5) is 0 Å². The van der Waals surface area contributed by atoms with Gasteiger partial charge in [0.15, 0.2) is 0 Å². The highest BCUT2D eigenvalue weighted by Crippen LogP contribution is 2.42. The van der Waals surface area contributed by atoms with Crippen LogP contribution in [0, 0.1) is 0 Å². The molecule has 0 aliphatic carbocycles. The SMILES string of the molecule is c1ccc(-c2ccc3c4cc(-c5ccc6c(c5)c5ccc7ccccc7c5n6-c5ccccc5)ccc4n(-c4ccc5c(c4)sc4ccccc45)c3c2)cc1. The van der Waals surface area contributed by atoms with Gasteiger partial charge >= 0.3 is 0 Å². The van der Waals surface area contributed by atoms with Crippen molar-refractivity contribution in [3.8, 4) is 33.6 Å². The minimum absolute atomic E-state index is 1.17. The number of aromatic nitrogens is 2. The third-order valence-corrected chi connectivity index (χ3v) is 12.6. The summed E-state index contributed by atoms with van der Waals surface area (Å²) in [5.41, 5.74) is 12.1. The summed E-state index contributed by atoms with van der Waals surface area (Å²) in [7, 11) is 0. The summed E-state index contributed by atoms with van der Waals surface area (Å²) in [6, 6.07) is 71.5. The lowest BCUT2D eigenvalue weighted by Crippen LogP contribution is -1.94. The zero-order valence-electron chi connectivity index (χ0n) is 29.8. The fraction of sp³-hybridized carbons (Fsp3) is 0. The molecule has 0 amide bonds. The maximum Gasteiger partial charge on any atom is 0.0619 e. The topological polar surface area (TPSA) is 9.86 Å². The minimum atomic E-state index is 1.17. The molecule has 3 heteroatoms. The van der Waals surface area contributed by atoms with Crippen LogP contribution in [0.3, 0.4) is 0 Å². The normalized spacial score (nSPS) is 12.0. The zero-order chi connectivity index (χ0) is 36.0. The quantitative estimate of drug-likeness (QED) is 0.172. The molecule has 0 unspecified atom stereocenters. The third kappa shape index (κ3) is 4.60. The van der Waals surface area contributed by atoms with Crippen molar-refractivity contribution < 1.29 is 0 Å². The summed E-state index contributed by atoms with van der Waals surface area (Å²) >= 11 is 1.87. The lowest BCUT2D eigenvalue weighted by molar-refractivity contribution is 1.19. The van der Waals surface area contributed by atoms with Gasteiger partial charge in [-0.1, -0.05) is 133 Å². The highest BCUT2D eigenvalue weighted by atomic mass is 32.1. The van der Waals surface area contributed by atoms with Gasteiger partial charge in [0.25, 0.3) is 0 Å². The molecule has 256 valence electrons. The van der Waals surface area contributed by atoms with Gasteiger partial charge in [0.05, 0.1) is 22.1 Å². The Morgan fingerprint density at radius 1 is 0.291 bits per heavy atom. The minimum Gasteiger partial charge on any atom is -0.309 e. The van der Waals surface area contributed by atoms with Crippen molar-refractivity contribution in [2.24, 2.45) is 0 Å². The Morgan fingerprint density at radius 3 is 1.71 bits per heavy atom. The maximum absolute atomic E-state index is 2.46. The largest absolute Gasteiger partial charge is 0.309 e. The first-order valence-electron chi connectivity index (χ1n) is 18.8. The van der Waals surface area contributed by atoms with Gasteiger partial charge in [-0.05, 0) is 88.3 Å². The monoisotopic (exact) mass is 716 g/mol. The molecule has 0 saturated heterocycles. The number of hydrogen-bond acceptors (Lipinski definition) is 1. The first-order valence-corrected chi connectivity index (χ1v) is 19.7. The van der Waals surface area contributed by atoms with E-state index in [0.717, 1.165) is 0 Å². The van der Waals surface area contributed by atoms with Gasteiger partial charge in [-0.3, -0.25) is 0 Å². The van der Waals surface area contributed by atoms with E-state index in [-0.39, 0.29) is 0 Å². The highest BCUT2D eigenvalue weighted by molar-refractivity contribution is 7.25. The van der Waals surface area contributed by atoms with Crippen LogP contribution in [-0.2, 0) is 0 Å². The Balaban J connectivity index is 1.09. The summed E-state index contributed by atoms with van der Waals surface area (Å²) in [4.78, 5) is 0. The van der Waals surface area contributed by atoms with Crippen molar-refractivity contribution in [1.29, 1.82) is 0 Å². The molecule has 0 atom stereocenters. The summed E-state index contributed by atoms with van der Waals surface area (Å²) in [5.74, 6) is 0. The molecule has 0 bridgehead atoms. The summed E-state index contributed by atoms with van der Waals surface area (Å²) in [5, 5.41) is 10.2. The number of nitrogens with zero attached hydrogens (tertiary/aromatic N) is 2. The second kappa shape index (κ2) is 11.8. The average Bonchev–Trinajstić information content (AvgIpc) is 3.91. The van der Waals surface area contributed by atoms with Crippen LogP contribution in [0.1, 0.15) is 0 Å². The van der Waals surface area contributed by atoms with Gasteiger partial charge in [0.2, 0.25) is 0 Å². The van der Waals surface area contributed by atoms with E-state index in [1.165, 1.54) is 108 Å². The molecule has 2 nitrogen and oxygen atoms in total. The predicted molar refractivity (Wildman–Crippen MR) is 236 cm³/mol. The molecule has 0 saturated carbocycles. The first-order chi connectivity index (χ1) is 27.3. The maximum atomic E-state index is 2.46. The third-order valence-electron chi connectivity index (χ3n) is 11.5. The fourth-order valence-electron chi connectivity index (χ4n) is 8.95. The van der Waals surface area contributed by atoms with Crippen LogP contribution in [0.5, 0.6) is 0 Å². The lowest BCUT2D eigenvalue weighted by Gasteiger charge is -2.10. The Morgan fingerprint density at radius 2 is 0.891 bits per heavy atom. The standard InChI is InChI=1S/C52H32N2S/c1-3-11-33(12-4-1)37-20-24-41-45-29-35(21-27-47(45)53(49(41)31-37)39-23-26-43-42-17-9-10-18-50(42)55-51(43)32-39)36-22-28-48-46(30-36)44-25-19-34-13-7-8-16-40(34)52(44)54(48)38-14-5-2-6-15-38/h1-32H. The van der Waals surface area contributed by atoms with E-state index in [9.17, 15) is 0 Å². The fourth-order valence-corrected chi connectivity index (χ4v) is 10.1. The molecular formula is C52H32N2S. The number of benzene rings is 9. The van der Waals surface area contributed by atoms with Crippen molar-refractivity contribution in [3.63, 3.8) is 0 Å². The van der Waals surface area contributed by atoms with E-state index in [0.29, 0.717) is 0 Å². The van der Waals surface area contributed by atoms with E-state index in [4.69, 9.17) is 0 Å². The molecule has 9 aromatic carbocycles. The average molecular weight is 717 g/mol. The van der Waals surface area contributed by atoms with Crippen LogP contribution in [0.15, 0.2) is 194 Å². The summed E-state index contributed by atoms with van der Waals surface area (Å²) in [6.45, 7) is 0. The molecule has 0 N–H and O–H groups in total. The van der Waals surface area contributed by atoms with Crippen LogP contribution in [0.2, 0.25) is 0 Å². The molecule has 12 rings (SSSR count). The summed E-state index contributed by atoms with van der Waals surface area (Å²) < 4.78 is 7.53. The summed E-state index contributed by atoms with van der Waals surface area (Å²) in [6.07, 6.45) is 0. The Hall–Kier alpha value is -6.94. The molecule has 55 heavy (non-hydrogen) atoms. The molecule has 0 spiro atoms. The molecule has 12 aromatic rings. The van der Waals surface area contributed by atoms with Crippen LogP contribution in [-0.4, -0.2) is 9.13 Å². The van der Waals surface area contributed by atoms with Crippen molar-refractivity contribution in [1.82, 2.24) is 9.13 Å². The van der Waals surface area contributed by atoms with Crippen molar-refractivity contribution in [2.45, 2.75) is 0 Å². The number of hydrogen-bond donors (Lipinski definition) is 0.